The number of amides is 1. The monoisotopic (exact) mass is 478 g/mol. The van der Waals surface area contributed by atoms with Gasteiger partial charge in [-0.05, 0) is 38.1 Å². The molecule has 0 bridgehead atoms. The molecule has 0 aliphatic rings. The molecule has 2 aromatic carbocycles. The molecule has 4 rings (SSSR count). The van der Waals surface area contributed by atoms with E-state index >= 15 is 0 Å². The standard InChI is InChI=1S/C24H22N4O5S/c1-4-33-24(31)17-10-5-6-11-18(17)26-19(29)13-28-23(30)21-22(34-14(2)25-21)20(27-28)15-8-7-9-16(12-15)32-3/h5-12H,4,13H2,1-3H3,(H,26,29). The van der Waals surface area contributed by atoms with E-state index in [9.17, 15) is 14.4 Å². The quantitative estimate of drug-likeness (QED) is 0.404. The molecule has 0 aliphatic carbocycles. The Labute approximate surface area is 199 Å². The molecular formula is C24H22N4O5S. The van der Waals surface area contributed by atoms with E-state index in [1.165, 1.54) is 11.3 Å². The highest BCUT2D eigenvalue weighted by Crippen LogP contribution is 2.31. The molecule has 0 aliphatic heterocycles. The van der Waals surface area contributed by atoms with Crippen molar-refractivity contribution < 1.29 is 19.1 Å². The van der Waals surface area contributed by atoms with Crippen LogP contribution in [0.3, 0.4) is 0 Å². The lowest BCUT2D eigenvalue weighted by Gasteiger charge is -2.12. The number of esters is 1. The lowest BCUT2D eigenvalue weighted by atomic mass is 10.1. The summed E-state index contributed by atoms with van der Waals surface area (Å²) in [6.45, 7) is 3.36. The van der Waals surface area contributed by atoms with Gasteiger partial charge in [-0.15, -0.1) is 11.3 Å². The number of rotatable bonds is 7. The first-order valence-electron chi connectivity index (χ1n) is 10.5. The number of hydrogen-bond donors (Lipinski definition) is 1. The second kappa shape index (κ2) is 9.84. The molecule has 0 fully saturated rings. The summed E-state index contributed by atoms with van der Waals surface area (Å²) in [7, 11) is 1.57. The zero-order valence-corrected chi connectivity index (χ0v) is 19.6. The fourth-order valence-electron chi connectivity index (χ4n) is 3.44. The van der Waals surface area contributed by atoms with Crippen LogP contribution in [0.5, 0.6) is 5.75 Å². The van der Waals surface area contributed by atoms with Crippen LogP contribution in [0.2, 0.25) is 0 Å². The van der Waals surface area contributed by atoms with Crippen molar-refractivity contribution in [2.24, 2.45) is 0 Å². The van der Waals surface area contributed by atoms with Gasteiger partial charge in [0.2, 0.25) is 5.91 Å². The van der Waals surface area contributed by atoms with Crippen molar-refractivity contribution in [1.29, 1.82) is 0 Å². The molecule has 1 N–H and O–H groups in total. The minimum Gasteiger partial charge on any atom is -0.497 e. The van der Waals surface area contributed by atoms with Gasteiger partial charge in [0, 0.05) is 5.56 Å². The fraction of sp³-hybridized carbons (Fsp3) is 0.208. The van der Waals surface area contributed by atoms with Crippen LogP contribution in [0.25, 0.3) is 21.5 Å². The summed E-state index contributed by atoms with van der Waals surface area (Å²) in [6.07, 6.45) is 0. The summed E-state index contributed by atoms with van der Waals surface area (Å²) >= 11 is 1.36. The van der Waals surface area contributed by atoms with Crippen LogP contribution in [0, 0.1) is 6.92 Å². The van der Waals surface area contributed by atoms with Gasteiger partial charge in [-0.2, -0.15) is 5.10 Å². The molecule has 2 heterocycles. The van der Waals surface area contributed by atoms with Gasteiger partial charge in [-0.3, -0.25) is 9.59 Å². The number of carbonyl (C=O) groups excluding carboxylic acids is 2. The summed E-state index contributed by atoms with van der Waals surface area (Å²) in [4.78, 5) is 42.5. The van der Waals surface area contributed by atoms with Crippen LogP contribution in [0.4, 0.5) is 5.69 Å². The predicted octanol–water partition coefficient (Wildman–Crippen LogP) is 3.65. The molecule has 174 valence electrons. The third-order valence-electron chi connectivity index (χ3n) is 4.94. The third-order valence-corrected chi connectivity index (χ3v) is 5.92. The lowest BCUT2D eigenvalue weighted by molar-refractivity contribution is -0.117. The molecule has 0 radical (unpaired) electrons. The van der Waals surface area contributed by atoms with E-state index in [1.807, 2.05) is 25.1 Å². The van der Waals surface area contributed by atoms with E-state index in [-0.39, 0.29) is 29.9 Å². The highest BCUT2D eigenvalue weighted by Gasteiger charge is 2.19. The number of fused-ring (bicyclic) bond motifs is 1. The Morgan fingerprint density at radius 3 is 2.71 bits per heavy atom. The first kappa shape index (κ1) is 23.1. The van der Waals surface area contributed by atoms with Gasteiger partial charge in [-0.25, -0.2) is 14.5 Å². The second-order valence-electron chi connectivity index (χ2n) is 7.27. The van der Waals surface area contributed by atoms with E-state index in [1.54, 1.807) is 44.4 Å². The van der Waals surface area contributed by atoms with Crippen LogP contribution >= 0.6 is 11.3 Å². The van der Waals surface area contributed by atoms with Gasteiger partial charge >= 0.3 is 5.97 Å². The van der Waals surface area contributed by atoms with Crippen molar-refractivity contribution in [2.45, 2.75) is 20.4 Å². The van der Waals surface area contributed by atoms with Gasteiger partial charge in [0.15, 0.2) is 5.52 Å². The number of benzene rings is 2. The van der Waals surface area contributed by atoms with Crippen molar-refractivity contribution >= 4 is 39.1 Å². The molecule has 4 aromatic rings. The molecule has 0 atom stereocenters. The first-order chi connectivity index (χ1) is 16.4. The maximum atomic E-state index is 13.1. The first-order valence-corrected chi connectivity index (χ1v) is 11.3. The Kier molecular flexibility index (Phi) is 6.69. The third kappa shape index (κ3) is 4.67. The minimum atomic E-state index is -0.548. The summed E-state index contributed by atoms with van der Waals surface area (Å²) < 4.78 is 12.1. The lowest BCUT2D eigenvalue weighted by Crippen LogP contribution is -2.30. The normalized spacial score (nSPS) is 10.8. The number of para-hydroxylation sites is 1. The topological polar surface area (TPSA) is 112 Å². The Bertz CT molecular complexity index is 1440. The van der Waals surface area contributed by atoms with Crippen LogP contribution in [-0.2, 0) is 16.1 Å². The van der Waals surface area contributed by atoms with E-state index in [4.69, 9.17) is 9.47 Å². The van der Waals surface area contributed by atoms with E-state index < -0.39 is 17.4 Å². The molecule has 2 aromatic heterocycles. The molecular weight excluding hydrogens is 456 g/mol. The highest BCUT2D eigenvalue weighted by atomic mass is 32.1. The van der Waals surface area contributed by atoms with Gasteiger partial charge in [-0.1, -0.05) is 24.3 Å². The van der Waals surface area contributed by atoms with Gasteiger partial charge in [0.05, 0.1) is 34.7 Å². The summed E-state index contributed by atoms with van der Waals surface area (Å²) in [6, 6.07) is 13.8. The number of hydrogen-bond acceptors (Lipinski definition) is 8. The maximum Gasteiger partial charge on any atom is 0.340 e. The zero-order valence-electron chi connectivity index (χ0n) is 18.8. The number of thiazole rings is 1. The Morgan fingerprint density at radius 2 is 1.94 bits per heavy atom. The summed E-state index contributed by atoms with van der Waals surface area (Å²) in [5.74, 6) is -0.428. The predicted molar refractivity (Wildman–Crippen MR) is 129 cm³/mol. The molecule has 0 spiro atoms. The summed E-state index contributed by atoms with van der Waals surface area (Å²) in [5, 5.41) is 7.89. The molecule has 0 saturated carbocycles. The highest BCUT2D eigenvalue weighted by molar-refractivity contribution is 7.19. The Balaban J connectivity index is 1.71. The zero-order chi connectivity index (χ0) is 24.2. The van der Waals surface area contributed by atoms with E-state index in [0.717, 1.165) is 10.2 Å². The largest absolute Gasteiger partial charge is 0.497 e. The number of aromatic nitrogens is 3. The smallest absolute Gasteiger partial charge is 0.340 e. The van der Waals surface area contributed by atoms with Crippen LogP contribution < -0.4 is 15.6 Å². The van der Waals surface area contributed by atoms with Gasteiger partial charge < -0.3 is 14.8 Å². The van der Waals surface area contributed by atoms with Crippen molar-refractivity contribution in [3.63, 3.8) is 0 Å². The minimum absolute atomic E-state index is 0.209. The van der Waals surface area contributed by atoms with Crippen LogP contribution in [0.15, 0.2) is 53.3 Å². The molecule has 34 heavy (non-hydrogen) atoms. The van der Waals surface area contributed by atoms with Gasteiger partial charge in [0.25, 0.3) is 5.56 Å². The van der Waals surface area contributed by atoms with Crippen LogP contribution in [0.1, 0.15) is 22.3 Å². The number of nitrogens with zero attached hydrogens (tertiary/aromatic N) is 3. The van der Waals surface area contributed by atoms with Crippen molar-refractivity contribution in [2.75, 3.05) is 19.0 Å². The Hall–Kier alpha value is -4.05. The van der Waals surface area contributed by atoms with E-state index in [2.05, 4.69) is 15.4 Å². The number of methoxy groups -OCH3 is 1. The van der Waals surface area contributed by atoms with Crippen LogP contribution in [-0.4, -0.2) is 40.4 Å². The molecule has 0 unspecified atom stereocenters. The maximum absolute atomic E-state index is 13.1. The molecule has 1 amide bonds. The van der Waals surface area contributed by atoms with E-state index in [0.29, 0.717) is 21.2 Å². The van der Waals surface area contributed by atoms with Crippen molar-refractivity contribution in [3.8, 4) is 17.0 Å². The summed E-state index contributed by atoms with van der Waals surface area (Å²) in [5.41, 5.74) is 1.54. The fourth-order valence-corrected chi connectivity index (χ4v) is 4.35. The number of nitrogens with one attached hydrogen (secondary N) is 1. The van der Waals surface area contributed by atoms with Crippen molar-refractivity contribution in [3.05, 3.63) is 69.5 Å². The Morgan fingerprint density at radius 1 is 1.15 bits per heavy atom. The average molecular weight is 479 g/mol. The second-order valence-corrected chi connectivity index (χ2v) is 8.47. The number of aryl methyl sites for hydroxylation is 1. The number of carbonyl (C=O) groups is 2. The van der Waals surface area contributed by atoms with Crippen molar-refractivity contribution in [1.82, 2.24) is 14.8 Å². The molecule has 9 nitrogen and oxygen atoms in total. The number of anilines is 1. The number of ether oxygens (including phenoxy) is 2. The molecule has 10 heteroatoms. The molecule has 0 saturated heterocycles. The average Bonchev–Trinajstić information content (AvgIpc) is 3.23. The SMILES string of the molecule is CCOC(=O)c1ccccc1NC(=O)Cn1nc(-c2cccc(OC)c2)c2sc(C)nc2c1=O. The van der Waals surface area contributed by atoms with Gasteiger partial charge in [0.1, 0.15) is 18.0 Å².